The number of anilines is 1. The van der Waals surface area contributed by atoms with Crippen LogP contribution >= 0.6 is 15.9 Å². The van der Waals surface area contributed by atoms with Crippen LogP contribution in [-0.4, -0.2) is 10.9 Å². The third-order valence-corrected chi connectivity index (χ3v) is 3.28. The summed E-state index contributed by atoms with van der Waals surface area (Å²) in [7, 11) is 0. The number of nitrogens with one attached hydrogen (secondary N) is 2. The molecule has 1 aromatic heterocycles. The molecule has 21 heavy (non-hydrogen) atoms. The van der Waals surface area contributed by atoms with Crippen molar-refractivity contribution in [1.82, 2.24) is 4.98 Å². The zero-order chi connectivity index (χ0) is 15.6. The summed E-state index contributed by atoms with van der Waals surface area (Å²) in [5.41, 5.74) is -1.14. The average Bonchev–Trinajstić information content (AvgIpc) is 2.40. The lowest BCUT2D eigenvalue weighted by molar-refractivity contribution is -0.137. The van der Waals surface area contributed by atoms with Crippen molar-refractivity contribution < 1.29 is 18.0 Å². The van der Waals surface area contributed by atoms with Gasteiger partial charge in [-0.2, -0.15) is 13.2 Å². The highest BCUT2D eigenvalue weighted by molar-refractivity contribution is 9.10. The molecular weight excluding hydrogens is 353 g/mol. The number of hydrogen-bond donors (Lipinski definition) is 2. The van der Waals surface area contributed by atoms with E-state index in [1.807, 2.05) is 0 Å². The Morgan fingerprint density at radius 1 is 1.19 bits per heavy atom. The maximum atomic E-state index is 12.6. The highest BCUT2D eigenvalue weighted by atomic mass is 79.9. The molecule has 0 bridgehead atoms. The lowest BCUT2D eigenvalue weighted by Crippen LogP contribution is -2.15. The summed E-state index contributed by atoms with van der Waals surface area (Å²) in [5.74, 6) is -0.633. The monoisotopic (exact) mass is 360 g/mol. The fourth-order valence-electron chi connectivity index (χ4n) is 1.54. The van der Waals surface area contributed by atoms with Crippen LogP contribution in [0.5, 0.6) is 0 Å². The van der Waals surface area contributed by atoms with Gasteiger partial charge in [0.25, 0.3) is 5.91 Å². The predicted octanol–water partition coefficient (Wildman–Crippen LogP) is 3.41. The lowest BCUT2D eigenvalue weighted by atomic mass is 10.2. The lowest BCUT2D eigenvalue weighted by Gasteiger charge is -2.11. The molecule has 8 heteroatoms. The van der Waals surface area contributed by atoms with Gasteiger partial charge < -0.3 is 10.3 Å². The predicted molar refractivity (Wildman–Crippen MR) is 74.2 cm³/mol. The van der Waals surface area contributed by atoms with Crippen molar-refractivity contribution in [1.29, 1.82) is 0 Å². The third kappa shape index (κ3) is 3.72. The minimum Gasteiger partial charge on any atom is -0.328 e. The van der Waals surface area contributed by atoms with Crippen molar-refractivity contribution in [3.63, 3.8) is 0 Å². The van der Waals surface area contributed by atoms with E-state index in [1.165, 1.54) is 18.3 Å². The molecular formula is C13H8BrF3N2O2. The summed E-state index contributed by atoms with van der Waals surface area (Å²) in [6, 6.07) is 5.35. The fourth-order valence-corrected chi connectivity index (χ4v) is 1.89. The summed E-state index contributed by atoms with van der Waals surface area (Å²) < 4.78 is 38.2. The number of amides is 1. The molecule has 0 radical (unpaired) electrons. The standard InChI is InChI=1S/C13H8BrF3N2O2/c14-9-3-2-8(13(15,16)17)5-10(9)19-12(21)7-1-4-11(20)18-6-7/h1-6H,(H,18,20)(H,19,21). The van der Waals surface area contributed by atoms with Gasteiger partial charge in [0.1, 0.15) is 0 Å². The Morgan fingerprint density at radius 2 is 1.90 bits per heavy atom. The Bertz CT molecular complexity index is 720. The van der Waals surface area contributed by atoms with Crippen molar-refractivity contribution in [2.24, 2.45) is 0 Å². The normalized spacial score (nSPS) is 11.2. The minimum atomic E-state index is -4.50. The fraction of sp³-hybridized carbons (Fsp3) is 0.0769. The van der Waals surface area contributed by atoms with Crippen LogP contribution in [0.4, 0.5) is 18.9 Å². The van der Waals surface area contributed by atoms with Crippen LogP contribution in [0.25, 0.3) is 0 Å². The first-order valence-corrected chi connectivity index (χ1v) is 6.43. The number of alkyl halides is 3. The smallest absolute Gasteiger partial charge is 0.328 e. The first-order chi connectivity index (χ1) is 9.77. The van der Waals surface area contributed by atoms with Gasteiger partial charge in [-0.25, -0.2) is 0 Å². The van der Waals surface area contributed by atoms with Gasteiger partial charge >= 0.3 is 6.18 Å². The second-order valence-electron chi connectivity index (χ2n) is 4.09. The number of benzene rings is 1. The van der Waals surface area contributed by atoms with E-state index in [9.17, 15) is 22.8 Å². The van der Waals surface area contributed by atoms with Crippen LogP contribution < -0.4 is 10.9 Å². The Balaban J connectivity index is 2.28. The molecule has 0 atom stereocenters. The molecule has 0 aliphatic heterocycles. The van der Waals surface area contributed by atoms with Gasteiger partial charge in [-0.1, -0.05) is 0 Å². The molecule has 110 valence electrons. The number of aromatic amines is 1. The summed E-state index contributed by atoms with van der Waals surface area (Å²) in [6.45, 7) is 0. The molecule has 0 unspecified atom stereocenters. The number of halogens is 4. The topological polar surface area (TPSA) is 62.0 Å². The van der Waals surface area contributed by atoms with Crippen LogP contribution in [0, 0.1) is 0 Å². The van der Waals surface area contributed by atoms with E-state index < -0.39 is 17.6 Å². The summed E-state index contributed by atoms with van der Waals surface area (Å²) in [5, 5.41) is 2.35. The minimum absolute atomic E-state index is 0.0129. The van der Waals surface area contributed by atoms with Crippen LogP contribution in [0.1, 0.15) is 15.9 Å². The summed E-state index contributed by atoms with van der Waals surface area (Å²) in [6.07, 6.45) is -3.32. The number of carbonyl (C=O) groups excluding carboxylic acids is 1. The van der Waals surface area contributed by atoms with E-state index >= 15 is 0 Å². The van der Waals surface area contributed by atoms with Gasteiger partial charge in [-0.05, 0) is 40.2 Å². The molecule has 1 heterocycles. The first-order valence-electron chi connectivity index (χ1n) is 5.64. The summed E-state index contributed by atoms with van der Waals surface area (Å²) in [4.78, 5) is 25.1. The van der Waals surface area contributed by atoms with Crippen LogP contribution in [0.3, 0.4) is 0 Å². The van der Waals surface area contributed by atoms with Crippen molar-refractivity contribution >= 4 is 27.5 Å². The van der Waals surface area contributed by atoms with Crippen LogP contribution in [0.2, 0.25) is 0 Å². The number of carbonyl (C=O) groups is 1. The molecule has 0 saturated carbocycles. The SMILES string of the molecule is O=C(Nc1cc(C(F)(F)F)ccc1Br)c1ccc(=O)[nH]c1. The Hall–Kier alpha value is -2.09. The molecule has 4 nitrogen and oxygen atoms in total. The Kier molecular flexibility index (Phi) is 4.17. The third-order valence-electron chi connectivity index (χ3n) is 2.59. The van der Waals surface area contributed by atoms with Gasteiger partial charge in [0.05, 0.1) is 16.8 Å². The highest BCUT2D eigenvalue weighted by Gasteiger charge is 2.31. The molecule has 2 aromatic rings. The maximum absolute atomic E-state index is 12.6. The number of H-pyrrole nitrogens is 1. The van der Waals surface area contributed by atoms with E-state index in [-0.39, 0.29) is 16.8 Å². The molecule has 0 aliphatic carbocycles. The molecule has 1 amide bonds. The Morgan fingerprint density at radius 3 is 2.48 bits per heavy atom. The second-order valence-corrected chi connectivity index (χ2v) is 4.94. The maximum Gasteiger partial charge on any atom is 0.416 e. The number of rotatable bonds is 2. The zero-order valence-corrected chi connectivity index (χ0v) is 11.9. The van der Waals surface area contributed by atoms with E-state index in [0.717, 1.165) is 18.2 Å². The van der Waals surface area contributed by atoms with Gasteiger partial charge in [-0.3, -0.25) is 9.59 Å². The summed E-state index contributed by atoms with van der Waals surface area (Å²) >= 11 is 3.07. The molecule has 2 rings (SSSR count). The molecule has 0 spiro atoms. The first kappa shape index (κ1) is 15.3. The van der Waals surface area contributed by atoms with Crippen molar-refractivity contribution in [3.05, 3.63) is 62.5 Å². The number of hydrogen-bond acceptors (Lipinski definition) is 2. The van der Waals surface area contributed by atoms with E-state index in [1.54, 1.807) is 0 Å². The van der Waals surface area contributed by atoms with Crippen molar-refractivity contribution in [2.75, 3.05) is 5.32 Å². The van der Waals surface area contributed by atoms with Crippen LogP contribution in [-0.2, 0) is 6.18 Å². The highest BCUT2D eigenvalue weighted by Crippen LogP contribution is 2.34. The average molecular weight is 361 g/mol. The quantitative estimate of drug-likeness (QED) is 0.861. The number of pyridine rings is 1. The van der Waals surface area contributed by atoms with E-state index in [0.29, 0.717) is 4.47 Å². The van der Waals surface area contributed by atoms with Crippen molar-refractivity contribution in [3.8, 4) is 0 Å². The molecule has 2 N–H and O–H groups in total. The molecule has 0 saturated heterocycles. The van der Waals surface area contributed by atoms with Crippen LogP contribution in [0.15, 0.2) is 45.8 Å². The van der Waals surface area contributed by atoms with Gasteiger partial charge in [0.2, 0.25) is 5.56 Å². The van der Waals surface area contributed by atoms with Gasteiger partial charge in [0, 0.05) is 16.7 Å². The molecule has 0 aliphatic rings. The molecule has 1 aromatic carbocycles. The van der Waals surface area contributed by atoms with E-state index in [4.69, 9.17) is 0 Å². The largest absolute Gasteiger partial charge is 0.416 e. The second kappa shape index (κ2) is 5.72. The van der Waals surface area contributed by atoms with Gasteiger partial charge in [-0.15, -0.1) is 0 Å². The Labute approximate surface area is 125 Å². The van der Waals surface area contributed by atoms with E-state index in [2.05, 4.69) is 26.2 Å². The molecule has 0 fully saturated rings. The van der Waals surface area contributed by atoms with Gasteiger partial charge in [0.15, 0.2) is 0 Å². The zero-order valence-electron chi connectivity index (χ0n) is 10.3. The number of aromatic nitrogens is 1. The van der Waals surface area contributed by atoms with Crippen molar-refractivity contribution in [2.45, 2.75) is 6.18 Å².